The average molecular weight is 364 g/mol. The van der Waals surface area contributed by atoms with Gasteiger partial charge in [0.25, 0.3) is 5.91 Å². The minimum absolute atomic E-state index is 0.123. The standard InChI is InChI=1S/C19H19F3N2O2/c1-12-6-4-9-16(13(12)2)23-17(25)11-24(3)18(26)14-7-5-8-15(10-14)19(20,21)22/h4-10H,11H2,1-3H3,(H,23,25). The molecule has 4 nitrogen and oxygen atoms in total. The van der Waals surface area contributed by atoms with Gasteiger partial charge in [0.1, 0.15) is 0 Å². The number of benzene rings is 2. The molecule has 0 spiro atoms. The van der Waals surface area contributed by atoms with Crippen molar-refractivity contribution in [3.63, 3.8) is 0 Å². The Morgan fingerprint density at radius 1 is 1.08 bits per heavy atom. The van der Waals surface area contributed by atoms with Gasteiger partial charge < -0.3 is 10.2 Å². The average Bonchev–Trinajstić information content (AvgIpc) is 2.57. The minimum Gasteiger partial charge on any atom is -0.332 e. The van der Waals surface area contributed by atoms with Gasteiger partial charge in [-0.05, 0) is 49.2 Å². The van der Waals surface area contributed by atoms with E-state index in [1.54, 1.807) is 12.1 Å². The summed E-state index contributed by atoms with van der Waals surface area (Å²) in [6.45, 7) is 3.50. The van der Waals surface area contributed by atoms with Crippen LogP contribution >= 0.6 is 0 Å². The molecule has 0 bridgehead atoms. The monoisotopic (exact) mass is 364 g/mol. The van der Waals surface area contributed by atoms with Crippen LogP contribution in [0.15, 0.2) is 42.5 Å². The highest BCUT2D eigenvalue weighted by molar-refractivity contribution is 5.99. The van der Waals surface area contributed by atoms with Crippen molar-refractivity contribution in [1.29, 1.82) is 0 Å². The molecule has 1 N–H and O–H groups in total. The Balaban J connectivity index is 2.07. The van der Waals surface area contributed by atoms with Crippen molar-refractivity contribution in [2.75, 3.05) is 18.9 Å². The number of nitrogens with one attached hydrogen (secondary N) is 1. The number of carbonyl (C=O) groups is 2. The van der Waals surface area contributed by atoms with Crippen molar-refractivity contribution in [2.45, 2.75) is 20.0 Å². The molecule has 0 saturated carbocycles. The normalized spacial score (nSPS) is 11.2. The third-order valence-electron chi connectivity index (χ3n) is 4.04. The van der Waals surface area contributed by atoms with Gasteiger partial charge in [0, 0.05) is 18.3 Å². The van der Waals surface area contributed by atoms with Gasteiger partial charge in [-0.1, -0.05) is 18.2 Å². The fourth-order valence-corrected chi connectivity index (χ4v) is 2.41. The summed E-state index contributed by atoms with van der Waals surface area (Å²) in [6, 6.07) is 9.58. The van der Waals surface area contributed by atoms with Crippen molar-refractivity contribution >= 4 is 17.5 Å². The number of hydrogen-bond donors (Lipinski definition) is 1. The van der Waals surface area contributed by atoms with Crippen molar-refractivity contribution < 1.29 is 22.8 Å². The molecule has 0 fully saturated rings. The molecule has 2 aromatic carbocycles. The van der Waals surface area contributed by atoms with E-state index in [0.29, 0.717) is 5.69 Å². The van der Waals surface area contributed by atoms with E-state index in [2.05, 4.69) is 5.32 Å². The second kappa shape index (κ2) is 7.59. The highest BCUT2D eigenvalue weighted by Gasteiger charge is 2.31. The number of halogens is 3. The molecule has 0 radical (unpaired) electrons. The van der Waals surface area contributed by atoms with Crippen LogP contribution in [0, 0.1) is 13.8 Å². The number of hydrogen-bond acceptors (Lipinski definition) is 2. The van der Waals surface area contributed by atoms with E-state index in [0.717, 1.165) is 28.2 Å². The molecular weight excluding hydrogens is 345 g/mol. The highest BCUT2D eigenvalue weighted by atomic mass is 19.4. The van der Waals surface area contributed by atoms with Crippen LogP contribution in [0.4, 0.5) is 18.9 Å². The molecule has 0 unspecified atom stereocenters. The number of carbonyl (C=O) groups excluding carboxylic acids is 2. The molecular formula is C19H19F3N2O2. The molecule has 0 atom stereocenters. The lowest BCUT2D eigenvalue weighted by atomic mass is 10.1. The first kappa shape index (κ1) is 19.5. The maximum absolute atomic E-state index is 12.8. The summed E-state index contributed by atoms with van der Waals surface area (Å²) in [5.41, 5.74) is 1.53. The molecule has 0 saturated heterocycles. The Morgan fingerprint density at radius 3 is 2.38 bits per heavy atom. The second-order valence-corrected chi connectivity index (χ2v) is 6.04. The Morgan fingerprint density at radius 2 is 1.73 bits per heavy atom. The predicted molar refractivity (Wildman–Crippen MR) is 93.0 cm³/mol. The molecule has 0 heterocycles. The van der Waals surface area contributed by atoms with Crippen LogP contribution in [0.2, 0.25) is 0 Å². The summed E-state index contributed by atoms with van der Waals surface area (Å²) >= 11 is 0. The lowest BCUT2D eigenvalue weighted by Crippen LogP contribution is -2.35. The number of alkyl halides is 3. The molecule has 2 rings (SSSR count). The zero-order valence-corrected chi connectivity index (χ0v) is 14.6. The van der Waals surface area contributed by atoms with E-state index in [-0.39, 0.29) is 12.1 Å². The zero-order chi connectivity index (χ0) is 19.5. The largest absolute Gasteiger partial charge is 0.416 e. The van der Waals surface area contributed by atoms with Gasteiger partial charge in [0.2, 0.25) is 5.91 Å². The topological polar surface area (TPSA) is 49.4 Å². The third-order valence-corrected chi connectivity index (χ3v) is 4.04. The first-order valence-electron chi connectivity index (χ1n) is 7.88. The van der Waals surface area contributed by atoms with Crippen LogP contribution in [-0.4, -0.2) is 30.3 Å². The van der Waals surface area contributed by atoms with E-state index in [9.17, 15) is 22.8 Å². The van der Waals surface area contributed by atoms with Gasteiger partial charge in [-0.3, -0.25) is 9.59 Å². The number of rotatable bonds is 4. The fourth-order valence-electron chi connectivity index (χ4n) is 2.41. The van der Waals surface area contributed by atoms with Crippen LogP contribution in [0.5, 0.6) is 0 Å². The summed E-state index contributed by atoms with van der Waals surface area (Å²) in [4.78, 5) is 25.6. The molecule has 138 valence electrons. The number of aryl methyl sites for hydroxylation is 1. The first-order chi connectivity index (χ1) is 12.1. The SMILES string of the molecule is Cc1cccc(NC(=O)CN(C)C(=O)c2cccc(C(F)(F)F)c2)c1C. The smallest absolute Gasteiger partial charge is 0.332 e. The maximum atomic E-state index is 12.8. The molecule has 2 aromatic rings. The van der Waals surface area contributed by atoms with E-state index in [1.165, 1.54) is 19.2 Å². The predicted octanol–water partition coefficient (Wildman–Crippen LogP) is 4.03. The maximum Gasteiger partial charge on any atom is 0.416 e. The van der Waals surface area contributed by atoms with Gasteiger partial charge >= 0.3 is 6.18 Å². The Kier molecular flexibility index (Phi) is 5.69. The highest BCUT2D eigenvalue weighted by Crippen LogP contribution is 2.29. The van der Waals surface area contributed by atoms with Crippen molar-refractivity contribution in [2.24, 2.45) is 0 Å². The van der Waals surface area contributed by atoms with E-state index < -0.39 is 23.6 Å². The Bertz CT molecular complexity index is 832. The lowest BCUT2D eigenvalue weighted by molar-refractivity contribution is -0.137. The number of anilines is 1. The fraction of sp³-hybridized carbons (Fsp3) is 0.263. The van der Waals surface area contributed by atoms with Crippen molar-refractivity contribution in [3.05, 3.63) is 64.7 Å². The van der Waals surface area contributed by atoms with Crippen molar-refractivity contribution in [1.82, 2.24) is 4.90 Å². The third kappa shape index (κ3) is 4.62. The van der Waals surface area contributed by atoms with E-state index in [4.69, 9.17) is 0 Å². The lowest BCUT2D eigenvalue weighted by Gasteiger charge is -2.18. The molecule has 0 aliphatic rings. The number of amides is 2. The molecule has 0 aromatic heterocycles. The van der Waals surface area contributed by atoms with Crippen LogP contribution in [0.1, 0.15) is 27.0 Å². The number of nitrogens with zero attached hydrogens (tertiary/aromatic N) is 1. The molecule has 0 aliphatic carbocycles. The molecule has 0 aliphatic heterocycles. The Hall–Kier alpha value is -2.83. The van der Waals surface area contributed by atoms with Crippen LogP contribution in [0.3, 0.4) is 0 Å². The molecule has 2 amide bonds. The van der Waals surface area contributed by atoms with Gasteiger partial charge in [-0.15, -0.1) is 0 Å². The van der Waals surface area contributed by atoms with Crippen molar-refractivity contribution in [3.8, 4) is 0 Å². The Labute approximate surface area is 149 Å². The molecule has 7 heteroatoms. The quantitative estimate of drug-likeness (QED) is 0.890. The van der Waals surface area contributed by atoms with Crippen LogP contribution in [0.25, 0.3) is 0 Å². The van der Waals surface area contributed by atoms with Crippen LogP contribution in [-0.2, 0) is 11.0 Å². The summed E-state index contributed by atoms with van der Waals surface area (Å²) in [5.74, 6) is -1.09. The van der Waals surface area contributed by atoms with Gasteiger partial charge in [-0.2, -0.15) is 13.2 Å². The second-order valence-electron chi connectivity index (χ2n) is 6.04. The first-order valence-corrected chi connectivity index (χ1v) is 7.88. The summed E-state index contributed by atoms with van der Waals surface area (Å²) in [6.07, 6.45) is -4.53. The summed E-state index contributed by atoms with van der Waals surface area (Å²) < 4.78 is 38.3. The minimum atomic E-state index is -4.53. The van der Waals surface area contributed by atoms with E-state index >= 15 is 0 Å². The van der Waals surface area contributed by atoms with Crippen LogP contribution < -0.4 is 5.32 Å². The number of likely N-dealkylation sites (N-methyl/N-ethyl adjacent to an activating group) is 1. The summed E-state index contributed by atoms with van der Waals surface area (Å²) in [7, 11) is 1.37. The van der Waals surface area contributed by atoms with Gasteiger partial charge in [-0.25, -0.2) is 0 Å². The summed E-state index contributed by atoms with van der Waals surface area (Å²) in [5, 5.41) is 2.71. The molecule has 26 heavy (non-hydrogen) atoms. The van der Waals surface area contributed by atoms with E-state index in [1.807, 2.05) is 19.9 Å². The van der Waals surface area contributed by atoms with Gasteiger partial charge in [0.15, 0.2) is 0 Å². The van der Waals surface area contributed by atoms with Gasteiger partial charge in [0.05, 0.1) is 12.1 Å². The zero-order valence-electron chi connectivity index (χ0n) is 14.6.